The topological polar surface area (TPSA) is 3.24 Å². The van der Waals surface area contributed by atoms with Gasteiger partial charge in [-0.2, -0.15) is 0 Å². The fraction of sp³-hybridized carbons (Fsp3) is 0.0385. The van der Waals surface area contributed by atoms with Crippen LogP contribution in [0.2, 0.25) is 13.1 Å². The lowest BCUT2D eigenvalue weighted by Gasteiger charge is -2.27. The van der Waals surface area contributed by atoms with Crippen molar-refractivity contribution in [1.29, 1.82) is 0 Å². The van der Waals surface area contributed by atoms with E-state index in [0.717, 1.165) is 5.69 Å². The van der Waals surface area contributed by atoms with E-state index in [-0.39, 0.29) is 0 Å². The molecule has 3 heterocycles. The van der Waals surface area contributed by atoms with Gasteiger partial charge in [-0.15, -0.1) is 22.7 Å². The zero-order valence-electron chi connectivity index (χ0n) is 31.0. The molecule has 0 fully saturated rings. The minimum absolute atomic E-state index is 1.15. The van der Waals surface area contributed by atoms with Crippen LogP contribution in [0.3, 0.4) is 0 Å². The summed E-state index contributed by atoms with van der Waals surface area (Å²) >= 11 is 3.85. The molecular formula is C52H35NS2Si. The normalized spacial score (nSPS) is 13.3. The Morgan fingerprint density at radius 1 is 0.411 bits per heavy atom. The number of benzene rings is 9. The third-order valence-corrected chi connectivity index (χ3v) is 18.2. The van der Waals surface area contributed by atoms with Crippen molar-refractivity contribution in [2.75, 3.05) is 4.90 Å². The molecular weight excluding hydrogens is 731 g/mol. The van der Waals surface area contributed by atoms with Crippen molar-refractivity contribution in [2.45, 2.75) is 13.1 Å². The van der Waals surface area contributed by atoms with Gasteiger partial charge in [-0.3, -0.25) is 0 Å². The van der Waals surface area contributed by atoms with Crippen LogP contribution < -0.4 is 15.3 Å². The summed E-state index contributed by atoms with van der Waals surface area (Å²) in [6.07, 6.45) is 0. The molecule has 0 saturated heterocycles. The van der Waals surface area contributed by atoms with Crippen LogP contribution in [-0.4, -0.2) is 8.07 Å². The van der Waals surface area contributed by atoms with Crippen LogP contribution >= 0.6 is 22.7 Å². The molecule has 264 valence electrons. The Kier molecular flexibility index (Phi) is 6.89. The Hall–Kier alpha value is -6.04. The molecule has 4 heteroatoms. The van der Waals surface area contributed by atoms with E-state index < -0.39 is 8.07 Å². The first-order valence-electron chi connectivity index (χ1n) is 19.3. The summed E-state index contributed by atoms with van der Waals surface area (Å²) in [5.74, 6) is 0. The summed E-state index contributed by atoms with van der Waals surface area (Å²) < 4.78 is 5.36. The second-order valence-electron chi connectivity index (χ2n) is 15.6. The Labute approximate surface area is 334 Å². The molecule has 1 aliphatic heterocycles. The molecule has 56 heavy (non-hydrogen) atoms. The van der Waals surface area contributed by atoms with Gasteiger partial charge < -0.3 is 4.90 Å². The molecule has 0 aliphatic carbocycles. The summed E-state index contributed by atoms with van der Waals surface area (Å²) in [6, 6.07) is 66.0. The number of rotatable bonds is 4. The maximum atomic E-state index is 2.51. The van der Waals surface area contributed by atoms with Gasteiger partial charge in [-0.05, 0) is 96.6 Å². The molecule has 0 saturated carbocycles. The summed E-state index contributed by atoms with van der Waals surface area (Å²) in [7, 11) is -1.81. The number of anilines is 3. The van der Waals surface area contributed by atoms with E-state index in [1.165, 1.54) is 106 Å². The van der Waals surface area contributed by atoms with E-state index in [2.05, 4.69) is 194 Å². The number of hydrogen-bond acceptors (Lipinski definition) is 3. The first-order valence-corrected chi connectivity index (χ1v) is 24.0. The van der Waals surface area contributed by atoms with Gasteiger partial charge in [0.2, 0.25) is 0 Å². The molecule has 0 atom stereocenters. The van der Waals surface area contributed by atoms with Crippen LogP contribution in [0.15, 0.2) is 176 Å². The zero-order chi connectivity index (χ0) is 37.1. The average molecular weight is 766 g/mol. The van der Waals surface area contributed by atoms with Crippen LogP contribution in [0.25, 0.3) is 84.1 Å². The molecule has 0 amide bonds. The van der Waals surface area contributed by atoms with E-state index in [4.69, 9.17) is 0 Å². The number of thiophene rings is 2. The molecule has 1 aliphatic rings. The van der Waals surface area contributed by atoms with Gasteiger partial charge >= 0.3 is 0 Å². The Morgan fingerprint density at radius 2 is 1.00 bits per heavy atom. The second kappa shape index (κ2) is 12.0. The third-order valence-electron chi connectivity index (χ3n) is 12.3. The van der Waals surface area contributed by atoms with Crippen molar-refractivity contribution >= 4 is 120 Å². The molecule has 1 nitrogen and oxygen atoms in total. The van der Waals surface area contributed by atoms with Gasteiger partial charge in [0, 0.05) is 47.0 Å². The second-order valence-corrected chi connectivity index (χ2v) is 22.1. The molecule has 0 N–H and O–H groups in total. The summed E-state index contributed by atoms with van der Waals surface area (Å²) in [6.45, 7) is 4.99. The monoisotopic (exact) mass is 765 g/mol. The lowest BCUT2D eigenvalue weighted by molar-refractivity contribution is 1.30. The smallest absolute Gasteiger partial charge is 0.113 e. The summed E-state index contributed by atoms with van der Waals surface area (Å²) in [5, 5.41) is 13.6. The maximum Gasteiger partial charge on any atom is 0.113 e. The highest BCUT2D eigenvalue weighted by atomic mass is 32.1. The van der Waals surface area contributed by atoms with Gasteiger partial charge in [0.05, 0.1) is 10.4 Å². The average Bonchev–Trinajstić information content (AvgIpc) is 3.89. The molecule has 0 unspecified atom stereocenters. The lowest BCUT2D eigenvalue weighted by Crippen LogP contribution is -2.49. The predicted octanol–water partition coefficient (Wildman–Crippen LogP) is 14.7. The number of fused-ring (bicyclic) bond motifs is 13. The SMILES string of the molecule is C[Si]1(C)c2ccccc2-c2cc(N(c3ccc(-c4cccc5ccccc45)cc3)c3cccc4c3sc3ccc5sc6c7ccccc7ccc6c5c34)ccc21. The standard InChI is InChI=1S/C52H35NS2Si/c1-56(2)47-20-8-7-16-40(47)43-31-36(26-30-48(43)56)53(35-24-21-34(22-25-35)38-17-9-13-32-11-3-5-14-37(32)38)44-19-10-18-41-49-46(55-52(41)44)29-28-45-50(49)42-27-23-33-12-4-6-15-39(33)51(42)54-45/h3-31H,1-2H3. The van der Waals surface area contributed by atoms with E-state index >= 15 is 0 Å². The molecule has 2 aromatic heterocycles. The van der Waals surface area contributed by atoms with Gasteiger partial charge in [-0.25, -0.2) is 0 Å². The minimum atomic E-state index is -1.81. The zero-order valence-corrected chi connectivity index (χ0v) is 33.6. The molecule has 11 aromatic rings. The Morgan fingerprint density at radius 3 is 1.82 bits per heavy atom. The number of nitrogens with zero attached hydrogens (tertiary/aromatic N) is 1. The van der Waals surface area contributed by atoms with Gasteiger partial charge in [0.25, 0.3) is 0 Å². The van der Waals surface area contributed by atoms with Crippen LogP contribution in [0.4, 0.5) is 17.1 Å². The molecule has 0 bridgehead atoms. The van der Waals surface area contributed by atoms with Gasteiger partial charge in [0.1, 0.15) is 8.07 Å². The molecule has 9 aromatic carbocycles. The van der Waals surface area contributed by atoms with E-state index in [1.807, 2.05) is 22.7 Å². The van der Waals surface area contributed by atoms with Crippen molar-refractivity contribution < 1.29 is 0 Å². The molecule has 12 rings (SSSR count). The Balaban J connectivity index is 1.10. The van der Waals surface area contributed by atoms with Crippen LogP contribution in [-0.2, 0) is 0 Å². The summed E-state index contributed by atoms with van der Waals surface area (Å²) in [4.78, 5) is 2.51. The van der Waals surface area contributed by atoms with Gasteiger partial charge in [0.15, 0.2) is 0 Å². The number of hydrogen-bond donors (Lipinski definition) is 0. The van der Waals surface area contributed by atoms with E-state index in [9.17, 15) is 0 Å². The first-order chi connectivity index (χ1) is 27.5. The first kappa shape index (κ1) is 32.2. The van der Waals surface area contributed by atoms with Crippen molar-refractivity contribution in [2.24, 2.45) is 0 Å². The van der Waals surface area contributed by atoms with Crippen molar-refractivity contribution in [3.8, 4) is 22.3 Å². The fourth-order valence-electron chi connectivity index (χ4n) is 9.59. The highest BCUT2D eigenvalue weighted by Crippen LogP contribution is 2.50. The minimum Gasteiger partial charge on any atom is -0.309 e. The fourth-order valence-corrected chi connectivity index (χ4v) is 15.1. The van der Waals surface area contributed by atoms with Crippen LogP contribution in [0.5, 0.6) is 0 Å². The van der Waals surface area contributed by atoms with E-state index in [1.54, 1.807) is 0 Å². The van der Waals surface area contributed by atoms with Crippen molar-refractivity contribution in [3.05, 3.63) is 176 Å². The lowest BCUT2D eigenvalue weighted by atomic mass is 9.98. The largest absolute Gasteiger partial charge is 0.309 e. The van der Waals surface area contributed by atoms with Gasteiger partial charge in [-0.1, -0.05) is 147 Å². The Bertz CT molecular complexity index is 3400. The quantitative estimate of drug-likeness (QED) is 0.161. The highest BCUT2D eigenvalue weighted by Gasteiger charge is 2.37. The predicted molar refractivity (Wildman–Crippen MR) is 250 cm³/mol. The van der Waals surface area contributed by atoms with Crippen molar-refractivity contribution in [3.63, 3.8) is 0 Å². The molecule has 0 radical (unpaired) electrons. The van der Waals surface area contributed by atoms with E-state index in [0.29, 0.717) is 0 Å². The van der Waals surface area contributed by atoms with Crippen LogP contribution in [0.1, 0.15) is 0 Å². The third kappa shape index (κ3) is 4.58. The molecule has 0 spiro atoms. The highest BCUT2D eigenvalue weighted by molar-refractivity contribution is 7.28. The maximum absolute atomic E-state index is 2.51. The van der Waals surface area contributed by atoms with Crippen LogP contribution in [0, 0.1) is 0 Å². The summed E-state index contributed by atoms with van der Waals surface area (Å²) in [5.41, 5.74) is 8.81. The van der Waals surface area contributed by atoms with Crippen molar-refractivity contribution in [1.82, 2.24) is 0 Å².